The van der Waals surface area contributed by atoms with E-state index in [1.165, 1.54) is 0 Å². The van der Waals surface area contributed by atoms with Gasteiger partial charge < -0.3 is 5.11 Å². The molecule has 4 aliphatic carbocycles. The molecule has 0 radical (unpaired) electrons. The van der Waals surface area contributed by atoms with Crippen molar-refractivity contribution in [2.75, 3.05) is 0 Å². The lowest BCUT2D eigenvalue weighted by molar-refractivity contribution is -0.228. The molecule has 0 saturated heterocycles. The Morgan fingerprint density at radius 1 is 1.00 bits per heavy atom. The van der Waals surface area contributed by atoms with Gasteiger partial charge in [0.2, 0.25) is 0 Å². The number of rotatable bonds is 2. The van der Waals surface area contributed by atoms with E-state index in [9.17, 15) is 23.1 Å². The fraction of sp³-hybridized carbons (Fsp3) is 0.957. The van der Waals surface area contributed by atoms with Crippen molar-refractivity contribution in [1.82, 2.24) is 0 Å². The molecule has 4 aliphatic rings. The summed E-state index contributed by atoms with van der Waals surface area (Å²) in [4.78, 5) is 12.0. The molecule has 4 rings (SSSR count). The summed E-state index contributed by atoms with van der Waals surface area (Å²) in [5.74, 6) is 1.77. The maximum Gasteiger partial charge on any atom is 0.414 e. The second kappa shape index (κ2) is 6.72. The third kappa shape index (κ3) is 2.97. The van der Waals surface area contributed by atoms with Crippen molar-refractivity contribution < 1.29 is 23.1 Å². The van der Waals surface area contributed by atoms with E-state index >= 15 is 0 Å². The van der Waals surface area contributed by atoms with E-state index < -0.39 is 18.2 Å². The van der Waals surface area contributed by atoms with Gasteiger partial charge in [-0.25, -0.2) is 0 Å². The highest BCUT2D eigenvalue weighted by atomic mass is 19.4. The summed E-state index contributed by atoms with van der Waals surface area (Å²) >= 11 is 0. The second-order valence-electron chi connectivity index (χ2n) is 11.0. The third-order valence-corrected chi connectivity index (χ3v) is 10.0. The number of aliphatic hydroxyl groups excluding tert-OH is 1. The second-order valence-corrected chi connectivity index (χ2v) is 11.0. The molecule has 4 fully saturated rings. The number of halogens is 3. The lowest BCUT2D eigenvalue weighted by atomic mass is 9.44. The molecule has 0 spiro atoms. The largest absolute Gasteiger partial charge is 0.414 e. The normalized spacial score (nSPS) is 48.4. The number of ketones is 1. The maximum atomic E-state index is 13.2. The molecule has 0 amide bonds. The van der Waals surface area contributed by atoms with Crippen LogP contribution in [0.25, 0.3) is 0 Å². The van der Waals surface area contributed by atoms with E-state index in [-0.39, 0.29) is 16.7 Å². The summed E-state index contributed by atoms with van der Waals surface area (Å²) in [6.45, 7) is 6.21. The van der Waals surface area contributed by atoms with Gasteiger partial charge in [0.15, 0.2) is 6.10 Å². The van der Waals surface area contributed by atoms with Crippen LogP contribution in [0, 0.1) is 46.3 Å². The molecule has 0 unspecified atom stereocenters. The summed E-state index contributed by atoms with van der Waals surface area (Å²) in [5.41, 5.74) is 0.133. The van der Waals surface area contributed by atoms with Gasteiger partial charge in [-0.1, -0.05) is 20.8 Å². The van der Waals surface area contributed by atoms with Gasteiger partial charge in [0.1, 0.15) is 5.78 Å². The lowest BCUT2D eigenvalue weighted by Crippen LogP contribution is -2.54. The van der Waals surface area contributed by atoms with E-state index in [4.69, 9.17) is 0 Å². The summed E-state index contributed by atoms with van der Waals surface area (Å²) in [6.07, 6.45) is 1.74. The van der Waals surface area contributed by atoms with Crippen LogP contribution in [-0.2, 0) is 4.79 Å². The average Bonchev–Trinajstić information content (AvgIpc) is 2.97. The summed E-state index contributed by atoms with van der Waals surface area (Å²) in [5, 5.41) is 9.92. The number of fused-ring (bicyclic) bond motifs is 5. The van der Waals surface area contributed by atoms with Crippen molar-refractivity contribution in [3.8, 4) is 0 Å². The van der Waals surface area contributed by atoms with Crippen molar-refractivity contribution in [3.63, 3.8) is 0 Å². The molecule has 0 aromatic heterocycles. The molecule has 0 aromatic carbocycles. The topological polar surface area (TPSA) is 37.3 Å². The maximum absolute atomic E-state index is 13.2. The summed E-state index contributed by atoms with van der Waals surface area (Å²) in [7, 11) is 0. The molecule has 5 heteroatoms. The molecule has 0 aliphatic heterocycles. The first-order chi connectivity index (χ1) is 13.0. The molecule has 160 valence electrons. The van der Waals surface area contributed by atoms with Crippen LogP contribution in [0.2, 0.25) is 0 Å². The quantitative estimate of drug-likeness (QED) is 0.638. The van der Waals surface area contributed by atoms with E-state index in [1.807, 2.05) is 0 Å². The van der Waals surface area contributed by atoms with Gasteiger partial charge in [-0.15, -0.1) is 0 Å². The number of alkyl halides is 3. The zero-order chi connectivity index (χ0) is 20.5. The molecule has 4 saturated carbocycles. The monoisotopic (exact) mass is 400 g/mol. The molecular weight excluding hydrogens is 365 g/mol. The molecule has 9 atom stereocenters. The lowest BCUT2D eigenvalue weighted by Gasteiger charge is -2.60. The molecule has 0 bridgehead atoms. The highest BCUT2D eigenvalue weighted by Gasteiger charge is 2.62. The molecule has 2 nitrogen and oxygen atoms in total. The number of carbonyl (C=O) groups excluding carboxylic acids is 1. The Kier molecular flexibility index (Phi) is 4.96. The van der Waals surface area contributed by atoms with E-state index in [2.05, 4.69) is 13.8 Å². The van der Waals surface area contributed by atoms with Crippen molar-refractivity contribution in [2.24, 2.45) is 46.3 Å². The van der Waals surface area contributed by atoms with Crippen molar-refractivity contribution >= 4 is 5.78 Å². The first-order valence-electron chi connectivity index (χ1n) is 11.2. The van der Waals surface area contributed by atoms with Crippen LogP contribution >= 0.6 is 0 Å². The van der Waals surface area contributed by atoms with Crippen LogP contribution in [0.15, 0.2) is 0 Å². The van der Waals surface area contributed by atoms with Crippen LogP contribution in [0.4, 0.5) is 13.2 Å². The van der Waals surface area contributed by atoms with Gasteiger partial charge in [0, 0.05) is 12.8 Å². The SMILES string of the molecule is C[C@@H]([C@H]1CC[C@H]2[C@@H]3CC[C@@H]4CC(=O)CC[C@]4(C)[C@H]3CC[C@@]12C)[C@H](O)C(F)(F)F. The number of carbonyl (C=O) groups is 1. The Morgan fingerprint density at radius 3 is 2.36 bits per heavy atom. The van der Waals surface area contributed by atoms with Gasteiger partial charge in [-0.05, 0) is 91.3 Å². The minimum absolute atomic E-state index is 0.0615. The standard InChI is InChI=1S/C23H35F3O2/c1-13(20(28)23(24,25)26)17-6-7-18-16-5-4-14-12-15(27)8-10-21(14,2)19(16)9-11-22(17,18)3/h13-14,16-20,28H,4-12H2,1-3H3/t13-,14+,16-,17+,18-,19-,20-,21-,22-/m0/s1. The Balaban J connectivity index is 1.56. The highest BCUT2D eigenvalue weighted by Crippen LogP contribution is 2.68. The van der Waals surface area contributed by atoms with E-state index in [1.54, 1.807) is 6.92 Å². The predicted octanol–water partition coefficient (Wildman–Crippen LogP) is 5.77. The van der Waals surface area contributed by atoms with Crippen LogP contribution in [0.5, 0.6) is 0 Å². The van der Waals surface area contributed by atoms with Gasteiger partial charge in [-0.3, -0.25) is 4.79 Å². The molecule has 1 N–H and O–H groups in total. The van der Waals surface area contributed by atoms with Crippen LogP contribution in [0.1, 0.15) is 78.6 Å². The Morgan fingerprint density at radius 2 is 1.68 bits per heavy atom. The van der Waals surface area contributed by atoms with E-state index in [0.29, 0.717) is 35.9 Å². The van der Waals surface area contributed by atoms with Crippen molar-refractivity contribution in [2.45, 2.75) is 90.8 Å². The fourth-order valence-electron chi connectivity index (χ4n) is 8.47. The van der Waals surface area contributed by atoms with Crippen LogP contribution < -0.4 is 0 Å². The zero-order valence-electron chi connectivity index (χ0n) is 17.4. The number of hydrogen-bond acceptors (Lipinski definition) is 2. The molecular formula is C23H35F3O2. The summed E-state index contributed by atoms with van der Waals surface area (Å²) < 4.78 is 39.5. The van der Waals surface area contributed by atoms with Gasteiger partial charge in [-0.2, -0.15) is 13.2 Å². The Bertz CT molecular complexity index is 632. The van der Waals surface area contributed by atoms with Crippen molar-refractivity contribution in [3.05, 3.63) is 0 Å². The average molecular weight is 401 g/mol. The van der Waals surface area contributed by atoms with E-state index in [0.717, 1.165) is 51.4 Å². The number of aliphatic hydroxyl groups is 1. The van der Waals surface area contributed by atoms with Crippen molar-refractivity contribution in [1.29, 1.82) is 0 Å². The van der Waals surface area contributed by atoms with Gasteiger partial charge >= 0.3 is 6.18 Å². The smallest absolute Gasteiger partial charge is 0.383 e. The Hall–Kier alpha value is -0.580. The fourth-order valence-corrected chi connectivity index (χ4v) is 8.47. The first kappa shape index (κ1) is 20.7. The zero-order valence-corrected chi connectivity index (χ0v) is 17.4. The number of Topliss-reactive ketones (excluding diaryl/α,β-unsaturated/α-hetero) is 1. The third-order valence-electron chi connectivity index (χ3n) is 10.0. The molecule has 28 heavy (non-hydrogen) atoms. The minimum atomic E-state index is -4.54. The number of hydrogen-bond donors (Lipinski definition) is 1. The highest BCUT2D eigenvalue weighted by molar-refractivity contribution is 5.79. The first-order valence-corrected chi connectivity index (χ1v) is 11.2. The molecule has 0 heterocycles. The van der Waals surface area contributed by atoms with Crippen LogP contribution in [0.3, 0.4) is 0 Å². The minimum Gasteiger partial charge on any atom is -0.383 e. The predicted molar refractivity (Wildman–Crippen MR) is 101 cm³/mol. The molecule has 0 aromatic rings. The van der Waals surface area contributed by atoms with Crippen LogP contribution in [-0.4, -0.2) is 23.2 Å². The Labute approximate surface area is 166 Å². The van der Waals surface area contributed by atoms with Gasteiger partial charge in [0.25, 0.3) is 0 Å². The van der Waals surface area contributed by atoms with Gasteiger partial charge in [0.05, 0.1) is 0 Å². The summed E-state index contributed by atoms with van der Waals surface area (Å²) in [6, 6.07) is 0.